The van der Waals surface area contributed by atoms with Crippen LogP contribution in [0.15, 0.2) is 48.5 Å². The smallest absolute Gasteiger partial charge is 0.225 e. The van der Waals surface area contributed by atoms with Gasteiger partial charge < -0.3 is 15.5 Å². The maximum Gasteiger partial charge on any atom is 0.225 e. The summed E-state index contributed by atoms with van der Waals surface area (Å²) in [4.78, 5) is 14.9. The van der Waals surface area contributed by atoms with Crippen molar-refractivity contribution in [2.45, 2.75) is 25.4 Å². The second kappa shape index (κ2) is 11.0. The van der Waals surface area contributed by atoms with E-state index in [4.69, 9.17) is 0 Å². The van der Waals surface area contributed by atoms with E-state index in [0.717, 1.165) is 43.2 Å². The van der Waals surface area contributed by atoms with E-state index >= 15 is 0 Å². The van der Waals surface area contributed by atoms with E-state index in [1.54, 1.807) is 0 Å². The van der Waals surface area contributed by atoms with Gasteiger partial charge in [-0.25, -0.2) is 0 Å². The fourth-order valence-corrected chi connectivity index (χ4v) is 4.68. The van der Waals surface area contributed by atoms with Crippen LogP contribution < -0.4 is 15.5 Å². The Balaban J connectivity index is 0.00000140. The molecule has 0 bridgehead atoms. The fourth-order valence-electron chi connectivity index (χ4n) is 3.73. The zero-order valence-electron chi connectivity index (χ0n) is 15.7. The number of amides is 1. The highest BCUT2D eigenvalue weighted by Crippen LogP contribution is 2.30. The molecule has 0 aliphatic carbocycles. The zero-order valence-corrected chi connectivity index (χ0v) is 18.2. The fraction of sp³-hybridized carbons (Fsp3) is 0.381. The molecule has 0 saturated carbocycles. The molecule has 2 aromatic rings. The van der Waals surface area contributed by atoms with Crippen LogP contribution in [0, 0.1) is 0 Å². The number of anilines is 2. The summed E-state index contributed by atoms with van der Waals surface area (Å²) in [7, 11) is 0. The number of nitrogens with zero attached hydrogens (tertiary/aromatic N) is 1. The van der Waals surface area contributed by atoms with Gasteiger partial charge in [0.2, 0.25) is 5.91 Å². The summed E-state index contributed by atoms with van der Waals surface area (Å²) in [5.41, 5.74) is 4.83. The number of fused-ring (bicyclic) bond motifs is 1. The van der Waals surface area contributed by atoms with Crippen LogP contribution in [0.25, 0.3) is 0 Å². The van der Waals surface area contributed by atoms with Crippen molar-refractivity contribution in [3.8, 4) is 0 Å². The number of rotatable bonds is 5. The van der Waals surface area contributed by atoms with Crippen LogP contribution in [0.1, 0.15) is 17.5 Å². The molecule has 7 heteroatoms. The Labute approximate surface area is 183 Å². The lowest BCUT2D eigenvalue weighted by molar-refractivity contribution is -0.116. The number of nitrogens with one attached hydrogen (secondary N) is 2. The minimum Gasteiger partial charge on any atom is -0.367 e. The molecule has 1 atom stereocenters. The summed E-state index contributed by atoms with van der Waals surface area (Å²) in [6, 6.07) is 17.1. The highest BCUT2D eigenvalue weighted by Gasteiger charge is 2.20. The van der Waals surface area contributed by atoms with Gasteiger partial charge in [0.25, 0.3) is 0 Å². The second-order valence-electron chi connectivity index (χ2n) is 6.94. The van der Waals surface area contributed by atoms with E-state index in [1.807, 2.05) is 30.0 Å². The van der Waals surface area contributed by atoms with Crippen LogP contribution in [0.4, 0.5) is 11.4 Å². The number of para-hydroxylation sites is 2. The molecule has 152 valence electrons. The van der Waals surface area contributed by atoms with E-state index in [2.05, 4.69) is 45.9 Å². The van der Waals surface area contributed by atoms with Crippen molar-refractivity contribution < 1.29 is 4.79 Å². The van der Waals surface area contributed by atoms with Gasteiger partial charge in [-0.05, 0) is 29.7 Å². The van der Waals surface area contributed by atoms with Gasteiger partial charge in [-0.2, -0.15) is 11.8 Å². The summed E-state index contributed by atoms with van der Waals surface area (Å²) < 4.78 is 0. The summed E-state index contributed by atoms with van der Waals surface area (Å²) >= 11 is 1.92. The Bertz CT molecular complexity index is 784. The van der Waals surface area contributed by atoms with Gasteiger partial charge in [0.15, 0.2) is 0 Å². The van der Waals surface area contributed by atoms with Gasteiger partial charge >= 0.3 is 0 Å². The topological polar surface area (TPSA) is 44.4 Å². The van der Waals surface area contributed by atoms with Crippen molar-refractivity contribution in [1.82, 2.24) is 5.32 Å². The van der Waals surface area contributed by atoms with E-state index in [9.17, 15) is 4.79 Å². The third-order valence-electron chi connectivity index (χ3n) is 5.07. The minimum atomic E-state index is 0. The molecule has 2 aliphatic rings. The van der Waals surface area contributed by atoms with Crippen molar-refractivity contribution in [2.24, 2.45) is 0 Å². The Kier molecular flexibility index (Phi) is 8.96. The average molecular weight is 440 g/mol. The SMILES string of the molecule is Cl.Cl.O=C(CC1CSCCN1)Nc1ccccc1CN1CCc2ccccc21. The van der Waals surface area contributed by atoms with E-state index in [0.29, 0.717) is 6.42 Å². The van der Waals surface area contributed by atoms with Crippen LogP contribution in [-0.4, -0.2) is 36.5 Å². The quantitative estimate of drug-likeness (QED) is 0.734. The predicted molar refractivity (Wildman–Crippen MR) is 124 cm³/mol. The van der Waals surface area contributed by atoms with Crippen molar-refractivity contribution >= 4 is 53.9 Å². The van der Waals surface area contributed by atoms with E-state index in [1.165, 1.54) is 16.8 Å². The summed E-state index contributed by atoms with van der Waals surface area (Å²) in [5.74, 6) is 2.25. The van der Waals surface area contributed by atoms with Crippen LogP contribution in [0.2, 0.25) is 0 Å². The number of carbonyl (C=O) groups excluding carboxylic acids is 1. The number of benzene rings is 2. The molecule has 28 heavy (non-hydrogen) atoms. The summed E-state index contributed by atoms with van der Waals surface area (Å²) in [5, 5.41) is 6.57. The molecule has 4 nitrogen and oxygen atoms in total. The first kappa shape index (κ1) is 22.9. The lowest BCUT2D eigenvalue weighted by Crippen LogP contribution is -2.40. The largest absolute Gasteiger partial charge is 0.367 e. The lowest BCUT2D eigenvalue weighted by Gasteiger charge is -2.24. The summed E-state index contributed by atoms with van der Waals surface area (Å²) in [6.07, 6.45) is 1.63. The summed E-state index contributed by atoms with van der Waals surface area (Å²) in [6.45, 7) is 2.85. The zero-order chi connectivity index (χ0) is 17.8. The van der Waals surface area contributed by atoms with Crippen LogP contribution >= 0.6 is 36.6 Å². The van der Waals surface area contributed by atoms with Gasteiger partial charge in [-0.15, -0.1) is 24.8 Å². The number of hydrogen-bond acceptors (Lipinski definition) is 4. The molecule has 2 aliphatic heterocycles. The highest BCUT2D eigenvalue weighted by atomic mass is 35.5. The molecule has 1 fully saturated rings. The second-order valence-corrected chi connectivity index (χ2v) is 8.09. The van der Waals surface area contributed by atoms with Gasteiger partial charge in [0, 0.05) is 55.0 Å². The number of thioether (sulfide) groups is 1. The minimum absolute atomic E-state index is 0. The molecular formula is C21H27Cl2N3OS. The first-order valence-corrected chi connectivity index (χ1v) is 10.5. The Morgan fingerprint density at radius 2 is 1.93 bits per heavy atom. The third kappa shape index (κ3) is 5.57. The predicted octanol–water partition coefficient (Wildman–Crippen LogP) is 4.13. The molecule has 0 radical (unpaired) electrons. The molecule has 0 aromatic heterocycles. The molecule has 4 rings (SSSR count). The molecular weight excluding hydrogens is 413 g/mol. The van der Waals surface area contributed by atoms with Crippen LogP contribution in [0.5, 0.6) is 0 Å². The highest BCUT2D eigenvalue weighted by molar-refractivity contribution is 7.99. The van der Waals surface area contributed by atoms with Crippen molar-refractivity contribution in [3.63, 3.8) is 0 Å². The molecule has 1 amide bonds. The van der Waals surface area contributed by atoms with Crippen molar-refractivity contribution in [2.75, 3.05) is 34.8 Å². The molecule has 2 aromatic carbocycles. The monoisotopic (exact) mass is 439 g/mol. The van der Waals surface area contributed by atoms with Crippen molar-refractivity contribution in [3.05, 3.63) is 59.7 Å². The first-order valence-electron chi connectivity index (χ1n) is 9.31. The average Bonchev–Trinajstić information content (AvgIpc) is 3.07. The first-order chi connectivity index (χ1) is 12.8. The Morgan fingerprint density at radius 3 is 2.75 bits per heavy atom. The number of halogens is 2. The van der Waals surface area contributed by atoms with Crippen molar-refractivity contribution in [1.29, 1.82) is 0 Å². The molecule has 1 unspecified atom stereocenters. The van der Waals surface area contributed by atoms with Gasteiger partial charge in [-0.3, -0.25) is 4.79 Å². The maximum absolute atomic E-state index is 12.5. The van der Waals surface area contributed by atoms with Crippen LogP contribution in [0.3, 0.4) is 0 Å². The van der Waals surface area contributed by atoms with Crippen LogP contribution in [-0.2, 0) is 17.8 Å². The maximum atomic E-state index is 12.5. The Morgan fingerprint density at radius 1 is 1.14 bits per heavy atom. The molecule has 0 spiro atoms. The molecule has 2 N–H and O–H groups in total. The normalized spacial score (nSPS) is 17.9. The lowest BCUT2D eigenvalue weighted by atomic mass is 10.1. The van der Waals surface area contributed by atoms with E-state index < -0.39 is 0 Å². The van der Waals surface area contributed by atoms with Gasteiger partial charge in [-0.1, -0.05) is 36.4 Å². The van der Waals surface area contributed by atoms with Gasteiger partial charge in [0.1, 0.15) is 0 Å². The standard InChI is InChI=1S/C21H25N3OS.2ClH/c25-21(13-18-15-26-12-10-22-18)23-19-7-3-1-6-17(19)14-24-11-9-16-5-2-4-8-20(16)24;;/h1-8,18,22H,9-15H2,(H,23,25);2*1H. The van der Waals surface area contributed by atoms with Gasteiger partial charge in [0.05, 0.1) is 0 Å². The molecule has 2 heterocycles. The van der Waals surface area contributed by atoms with E-state index in [-0.39, 0.29) is 36.8 Å². The number of hydrogen-bond donors (Lipinski definition) is 2. The molecule has 1 saturated heterocycles. The number of carbonyl (C=O) groups is 1. The third-order valence-corrected chi connectivity index (χ3v) is 6.20. The Hall–Kier alpha value is -1.40.